The first-order valence-corrected chi connectivity index (χ1v) is 9.81. The molecule has 0 unspecified atom stereocenters. The highest BCUT2D eigenvalue weighted by atomic mass is 16.7. The van der Waals surface area contributed by atoms with E-state index in [1.54, 1.807) is 24.3 Å². The van der Waals surface area contributed by atoms with E-state index in [0.717, 1.165) is 0 Å². The van der Waals surface area contributed by atoms with Crippen LogP contribution in [0.15, 0.2) is 24.3 Å². The lowest BCUT2D eigenvalue weighted by atomic mass is 9.96. The summed E-state index contributed by atoms with van der Waals surface area (Å²) in [6, 6.07) is 5.51. The lowest BCUT2D eigenvalue weighted by Gasteiger charge is -2.44. The highest BCUT2D eigenvalue weighted by Crippen LogP contribution is 2.29. The standard InChI is InChI=1S/C21H27NO10/c1-11(23)22-18-20(30-14(4)26)19(29-13(3)25)17(10-28-12(2)24)32-21(18)31-16-8-6-15(27-5)7-9-16/h6-9,17-21H,10H2,1-5H3,(H,22,23)/t17-,18-,19+,20+,21-/m0/s1. The number of amides is 1. The first-order valence-electron chi connectivity index (χ1n) is 9.81. The molecular formula is C21H27NO10. The predicted octanol–water partition coefficient (Wildman–Crippen LogP) is 0.730. The third-order valence-corrected chi connectivity index (χ3v) is 4.38. The Morgan fingerprint density at radius 2 is 1.44 bits per heavy atom. The molecule has 0 bridgehead atoms. The van der Waals surface area contributed by atoms with Crippen molar-refractivity contribution in [2.75, 3.05) is 13.7 Å². The minimum atomic E-state index is -1.18. The molecule has 0 radical (unpaired) electrons. The summed E-state index contributed by atoms with van der Waals surface area (Å²) in [5, 5.41) is 2.63. The van der Waals surface area contributed by atoms with Crippen molar-refractivity contribution in [3.8, 4) is 11.5 Å². The Bertz CT molecular complexity index is 824. The number of nitrogens with one attached hydrogen (secondary N) is 1. The quantitative estimate of drug-likeness (QED) is 0.443. The van der Waals surface area contributed by atoms with E-state index in [1.165, 1.54) is 34.8 Å². The molecule has 1 saturated heterocycles. The van der Waals surface area contributed by atoms with Crippen molar-refractivity contribution in [1.82, 2.24) is 5.32 Å². The smallest absolute Gasteiger partial charge is 0.303 e. The topological polar surface area (TPSA) is 136 Å². The van der Waals surface area contributed by atoms with Crippen LogP contribution >= 0.6 is 0 Å². The summed E-state index contributed by atoms with van der Waals surface area (Å²) in [4.78, 5) is 46.8. The SMILES string of the molecule is COc1ccc(O[C@H]2O[C@@H](COC(C)=O)[C@@H](OC(C)=O)[C@H](OC(C)=O)[C@@H]2NC(C)=O)cc1. The lowest BCUT2D eigenvalue weighted by molar-refractivity contribution is -0.257. The molecule has 1 aliphatic heterocycles. The summed E-state index contributed by atoms with van der Waals surface area (Å²) in [7, 11) is 1.52. The summed E-state index contributed by atoms with van der Waals surface area (Å²) in [6.45, 7) is 4.51. The molecule has 1 aromatic carbocycles. The molecule has 0 aliphatic carbocycles. The Labute approximate surface area is 185 Å². The maximum absolute atomic E-state index is 11.9. The molecule has 1 amide bonds. The van der Waals surface area contributed by atoms with Crippen molar-refractivity contribution in [1.29, 1.82) is 0 Å². The van der Waals surface area contributed by atoms with E-state index in [1.807, 2.05) is 0 Å². The molecule has 5 atom stereocenters. The van der Waals surface area contributed by atoms with Crippen molar-refractivity contribution >= 4 is 23.8 Å². The average molecular weight is 453 g/mol. The van der Waals surface area contributed by atoms with Gasteiger partial charge in [0.15, 0.2) is 12.2 Å². The molecule has 0 spiro atoms. The van der Waals surface area contributed by atoms with Crippen molar-refractivity contribution in [2.24, 2.45) is 0 Å². The van der Waals surface area contributed by atoms with Crippen molar-refractivity contribution < 1.29 is 47.6 Å². The van der Waals surface area contributed by atoms with Crippen LogP contribution in [0.4, 0.5) is 0 Å². The second-order valence-electron chi connectivity index (χ2n) is 7.01. The van der Waals surface area contributed by atoms with E-state index in [4.69, 9.17) is 28.4 Å². The van der Waals surface area contributed by atoms with Crippen molar-refractivity contribution in [3.05, 3.63) is 24.3 Å². The van der Waals surface area contributed by atoms with Gasteiger partial charge in [-0.1, -0.05) is 0 Å². The van der Waals surface area contributed by atoms with Crippen molar-refractivity contribution in [2.45, 2.75) is 58.3 Å². The van der Waals surface area contributed by atoms with Gasteiger partial charge in [-0.3, -0.25) is 19.2 Å². The van der Waals surface area contributed by atoms with Crippen LogP contribution < -0.4 is 14.8 Å². The molecule has 32 heavy (non-hydrogen) atoms. The zero-order chi connectivity index (χ0) is 23.8. The second kappa shape index (κ2) is 11.3. The van der Waals surface area contributed by atoms with Crippen LogP contribution in [0.5, 0.6) is 11.5 Å². The van der Waals surface area contributed by atoms with Crippen LogP contribution in [0.1, 0.15) is 27.7 Å². The molecule has 1 heterocycles. The normalized spacial score (nSPS) is 24.6. The maximum Gasteiger partial charge on any atom is 0.303 e. The van der Waals surface area contributed by atoms with Gasteiger partial charge in [-0.15, -0.1) is 0 Å². The van der Waals surface area contributed by atoms with Gasteiger partial charge in [-0.2, -0.15) is 0 Å². The van der Waals surface area contributed by atoms with Gasteiger partial charge in [0, 0.05) is 27.7 Å². The third-order valence-electron chi connectivity index (χ3n) is 4.38. The van der Waals surface area contributed by atoms with Gasteiger partial charge in [0.1, 0.15) is 30.3 Å². The first kappa shape index (κ1) is 24.9. The number of benzene rings is 1. The van der Waals surface area contributed by atoms with Crippen LogP contribution in [-0.4, -0.2) is 68.2 Å². The monoisotopic (exact) mass is 453 g/mol. The van der Waals surface area contributed by atoms with Crippen LogP contribution in [0.3, 0.4) is 0 Å². The molecule has 0 saturated carbocycles. The van der Waals surface area contributed by atoms with Gasteiger partial charge in [-0.25, -0.2) is 0 Å². The summed E-state index contributed by atoms with van der Waals surface area (Å²) < 4.78 is 32.7. The zero-order valence-corrected chi connectivity index (χ0v) is 18.5. The minimum absolute atomic E-state index is 0.305. The van der Waals surface area contributed by atoms with Crippen molar-refractivity contribution in [3.63, 3.8) is 0 Å². The van der Waals surface area contributed by atoms with Crippen LogP contribution in [-0.2, 0) is 38.1 Å². The molecule has 176 valence electrons. The molecule has 1 N–H and O–H groups in total. The molecule has 1 aromatic rings. The Morgan fingerprint density at radius 3 is 1.94 bits per heavy atom. The fourth-order valence-corrected chi connectivity index (χ4v) is 3.18. The second-order valence-corrected chi connectivity index (χ2v) is 7.01. The number of hydrogen-bond donors (Lipinski definition) is 1. The number of carbonyl (C=O) groups is 4. The lowest BCUT2D eigenvalue weighted by Crippen LogP contribution is -2.67. The average Bonchev–Trinajstić information content (AvgIpc) is 2.70. The summed E-state index contributed by atoms with van der Waals surface area (Å²) in [5.74, 6) is -1.45. The van der Waals surface area contributed by atoms with E-state index in [0.29, 0.717) is 11.5 Å². The van der Waals surface area contributed by atoms with Gasteiger partial charge in [0.25, 0.3) is 0 Å². The maximum atomic E-state index is 11.9. The zero-order valence-electron chi connectivity index (χ0n) is 18.5. The Balaban J connectivity index is 2.42. The largest absolute Gasteiger partial charge is 0.497 e. The highest BCUT2D eigenvalue weighted by molar-refractivity contribution is 5.73. The molecule has 1 fully saturated rings. The number of methoxy groups -OCH3 is 1. The van der Waals surface area contributed by atoms with Gasteiger partial charge < -0.3 is 33.7 Å². The molecule has 2 rings (SSSR count). The molecule has 11 nitrogen and oxygen atoms in total. The third kappa shape index (κ3) is 7.12. The van der Waals surface area contributed by atoms with Crippen LogP contribution in [0.25, 0.3) is 0 Å². The summed E-state index contributed by atoms with van der Waals surface area (Å²) in [6.07, 6.45) is -4.58. The van der Waals surface area contributed by atoms with E-state index in [9.17, 15) is 19.2 Å². The Hall–Kier alpha value is -3.34. The van der Waals surface area contributed by atoms with Gasteiger partial charge in [-0.05, 0) is 24.3 Å². The van der Waals surface area contributed by atoms with Gasteiger partial charge in [0.2, 0.25) is 12.2 Å². The summed E-state index contributed by atoms with van der Waals surface area (Å²) >= 11 is 0. The summed E-state index contributed by atoms with van der Waals surface area (Å²) in [5.41, 5.74) is 0. The highest BCUT2D eigenvalue weighted by Gasteiger charge is 2.51. The number of ether oxygens (including phenoxy) is 6. The first-order chi connectivity index (χ1) is 15.1. The molecule has 11 heteroatoms. The predicted molar refractivity (Wildman–Crippen MR) is 108 cm³/mol. The molecule has 0 aromatic heterocycles. The number of hydrogen-bond acceptors (Lipinski definition) is 10. The van der Waals surface area contributed by atoms with Gasteiger partial charge >= 0.3 is 17.9 Å². The molecular weight excluding hydrogens is 426 g/mol. The van der Waals surface area contributed by atoms with Crippen LogP contribution in [0, 0.1) is 0 Å². The minimum Gasteiger partial charge on any atom is -0.497 e. The number of rotatable bonds is 8. The number of esters is 3. The van der Waals surface area contributed by atoms with E-state index < -0.39 is 54.5 Å². The fourth-order valence-electron chi connectivity index (χ4n) is 3.18. The van der Waals surface area contributed by atoms with E-state index >= 15 is 0 Å². The molecule has 1 aliphatic rings. The van der Waals surface area contributed by atoms with Crippen LogP contribution in [0.2, 0.25) is 0 Å². The fraction of sp³-hybridized carbons (Fsp3) is 0.524. The number of carbonyl (C=O) groups excluding carboxylic acids is 4. The van der Waals surface area contributed by atoms with Gasteiger partial charge in [0.05, 0.1) is 7.11 Å². The van der Waals surface area contributed by atoms with E-state index in [2.05, 4.69) is 5.32 Å². The van der Waals surface area contributed by atoms with E-state index in [-0.39, 0.29) is 6.61 Å². The Morgan fingerprint density at radius 1 is 0.875 bits per heavy atom. The Kier molecular flexibility index (Phi) is 8.82.